The van der Waals surface area contributed by atoms with E-state index in [1.165, 1.54) is 11.3 Å². The largest absolute Gasteiger partial charge is 0.351 e. The SMILES string of the molecule is CCCNC(=O)c1ccc(-n2ccnc2)s1. The molecule has 0 radical (unpaired) electrons. The molecule has 0 fully saturated rings. The molecule has 1 N–H and O–H groups in total. The second-order valence-corrected chi connectivity index (χ2v) is 4.43. The predicted molar refractivity (Wildman–Crippen MR) is 64.1 cm³/mol. The molecule has 5 heteroatoms. The van der Waals surface area contributed by atoms with E-state index in [2.05, 4.69) is 10.3 Å². The van der Waals surface area contributed by atoms with Crippen LogP contribution in [0.15, 0.2) is 30.9 Å². The van der Waals surface area contributed by atoms with Crippen molar-refractivity contribution < 1.29 is 4.79 Å². The summed E-state index contributed by atoms with van der Waals surface area (Å²) >= 11 is 1.46. The molecule has 0 bridgehead atoms. The van der Waals surface area contributed by atoms with Crippen molar-refractivity contribution in [3.8, 4) is 5.00 Å². The molecule has 0 aliphatic heterocycles. The number of rotatable bonds is 4. The summed E-state index contributed by atoms with van der Waals surface area (Å²) in [5.41, 5.74) is 0. The monoisotopic (exact) mass is 235 g/mol. The molecule has 2 rings (SSSR count). The number of hydrogen-bond donors (Lipinski definition) is 1. The van der Waals surface area contributed by atoms with Crippen molar-refractivity contribution in [2.45, 2.75) is 13.3 Å². The molecule has 2 heterocycles. The van der Waals surface area contributed by atoms with Gasteiger partial charge in [-0.25, -0.2) is 4.98 Å². The summed E-state index contributed by atoms with van der Waals surface area (Å²) in [6.07, 6.45) is 6.25. The first kappa shape index (κ1) is 10.9. The number of carbonyl (C=O) groups is 1. The molecule has 2 aromatic heterocycles. The van der Waals surface area contributed by atoms with Crippen LogP contribution >= 0.6 is 11.3 Å². The number of nitrogens with zero attached hydrogens (tertiary/aromatic N) is 2. The maximum absolute atomic E-state index is 11.7. The molecule has 0 atom stereocenters. The van der Waals surface area contributed by atoms with Gasteiger partial charge in [-0.1, -0.05) is 6.92 Å². The first-order chi connectivity index (χ1) is 7.81. The zero-order chi connectivity index (χ0) is 11.4. The van der Waals surface area contributed by atoms with E-state index < -0.39 is 0 Å². The summed E-state index contributed by atoms with van der Waals surface area (Å²) in [7, 11) is 0. The Balaban J connectivity index is 2.11. The molecule has 4 nitrogen and oxygen atoms in total. The van der Waals surface area contributed by atoms with Gasteiger partial charge in [0.25, 0.3) is 5.91 Å². The third kappa shape index (κ3) is 2.30. The molecule has 0 aliphatic rings. The Bertz CT molecular complexity index is 461. The Labute approximate surface area is 97.9 Å². The maximum atomic E-state index is 11.7. The minimum absolute atomic E-state index is 0.00165. The first-order valence-corrected chi connectivity index (χ1v) is 5.99. The lowest BCUT2D eigenvalue weighted by atomic mass is 10.4. The Morgan fingerprint density at radius 2 is 2.44 bits per heavy atom. The quantitative estimate of drug-likeness (QED) is 0.882. The number of imidazole rings is 1. The van der Waals surface area contributed by atoms with Crippen LogP contribution in [-0.4, -0.2) is 22.0 Å². The van der Waals surface area contributed by atoms with Gasteiger partial charge < -0.3 is 5.32 Å². The van der Waals surface area contributed by atoms with Crippen LogP contribution in [0.4, 0.5) is 0 Å². The van der Waals surface area contributed by atoms with E-state index in [9.17, 15) is 4.79 Å². The predicted octanol–water partition coefficient (Wildman–Crippen LogP) is 2.07. The molecule has 2 aromatic rings. The van der Waals surface area contributed by atoms with Crippen molar-refractivity contribution in [3.05, 3.63) is 35.7 Å². The summed E-state index contributed by atoms with van der Waals surface area (Å²) in [5.74, 6) is -0.00165. The minimum Gasteiger partial charge on any atom is -0.351 e. The number of thiophene rings is 1. The molecule has 84 valence electrons. The fraction of sp³-hybridized carbons (Fsp3) is 0.273. The van der Waals surface area contributed by atoms with Crippen LogP contribution in [0.5, 0.6) is 0 Å². The van der Waals surface area contributed by atoms with Gasteiger partial charge in [-0.3, -0.25) is 9.36 Å². The number of amides is 1. The van der Waals surface area contributed by atoms with E-state index in [0.717, 1.165) is 22.8 Å². The van der Waals surface area contributed by atoms with E-state index in [-0.39, 0.29) is 5.91 Å². The van der Waals surface area contributed by atoms with E-state index in [4.69, 9.17) is 0 Å². The van der Waals surface area contributed by atoms with Gasteiger partial charge in [0.05, 0.1) is 11.2 Å². The van der Waals surface area contributed by atoms with Gasteiger partial charge in [0.2, 0.25) is 0 Å². The highest BCUT2D eigenvalue weighted by Gasteiger charge is 2.08. The van der Waals surface area contributed by atoms with Gasteiger partial charge in [0.1, 0.15) is 5.00 Å². The molecule has 0 unspecified atom stereocenters. The van der Waals surface area contributed by atoms with Crippen molar-refractivity contribution in [3.63, 3.8) is 0 Å². The third-order valence-electron chi connectivity index (χ3n) is 2.11. The smallest absolute Gasteiger partial charge is 0.261 e. The van der Waals surface area contributed by atoms with E-state index in [1.54, 1.807) is 12.5 Å². The summed E-state index contributed by atoms with van der Waals surface area (Å²) in [4.78, 5) is 16.4. The van der Waals surface area contributed by atoms with Crippen LogP contribution in [0.3, 0.4) is 0 Å². The zero-order valence-electron chi connectivity index (χ0n) is 9.01. The topological polar surface area (TPSA) is 46.9 Å². The number of nitrogens with one attached hydrogen (secondary N) is 1. The summed E-state index contributed by atoms with van der Waals surface area (Å²) in [6.45, 7) is 2.75. The van der Waals surface area contributed by atoms with Gasteiger partial charge >= 0.3 is 0 Å². The van der Waals surface area contributed by atoms with Crippen LogP contribution in [0.25, 0.3) is 5.00 Å². The molecule has 0 saturated carbocycles. The Kier molecular flexibility index (Phi) is 3.36. The second kappa shape index (κ2) is 4.94. The lowest BCUT2D eigenvalue weighted by Gasteiger charge is -1.99. The Hall–Kier alpha value is -1.62. The minimum atomic E-state index is -0.00165. The molecular weight excluding hydrogens is 222 g/mol. The molecule has 0 saturated heterocycles. The van der Waals surface area contributed by atoms with E-state index in [0.29, 0.717) is 0 Å². The molecule has 1 amide bonds. The summed E-state index contributed by atoms with van der Waals surface area (Å²) in [5, 5.41) is 3.85. The zero-order valence-corrected chi connectivity index (χ0v) is 9.83. The van der Waals surface area contributed by atoms with Crippen molar-refractivity contribution in [2.75, 3.05) is 6.54 Å². The first-order valence-electron chi connectivity index (χ1n) is 5.17. The third-order valence-corrected chi connectivity index (χ3v) is 3.21. The normalized spacial score (nSPS) is 10.3. The second-order valence-electron chi connectivity index (χ2n) is 3.36. The molecule has 0 aromatic carbocycles. The summed E-state index contributed by atoms with van der Waals surface area (Å²) < 4.78 is 1.89. The maximum Gasteiger partial charge on any atom is 0.261 e. The average molecular weight is 235 g/mol. The van der Waals surface area contributed by atoms with Crippen LogP contribution in [0.1, 0.15) is 23.0 Å². The van der Waals surface area contributed by atoms with Gasteiger partial charge in [-0.2, -0.15) is 0 Å². The van der Waals surface area contributed by atoms with Crippen LogP contribution in [-0.2, 0) is 0 Å². The van der Waals surface area contributed by atoms with E-state index in [1.807, 2.05) is 29.8 Å². The van der Waals surface area contributed by atoms with Crippen LogP contribution in [0.2, 0.25) is 0 Å². The van der Waals surface area contributed by atoms with Gasteiger partial charge in [-0.05, 0) is 18.6 Å². The van der Waals surface area contributed by atoms with Crippen LogP contribution in [0, 0.1) is 0 Å². The van der Waals surface area contributed by atoms with Crippen LogP contribution < -0.4 is 5.32 Å². The molecule has 0 aliphatic carbocycles. The lowest BCUT2D eigenvalue weighted by molar-refractivity contribution is 0.0957. The Morgan fingerprint density at radius 3 is 3.12 bits per heavy atom. The molecule has 0 spiro atoms. The highest BCUT2D eigenvalue weighted by atomic mass is 32.1. The van der Waals surface area contributed by atoms with Gasteiger partial charge in [-0.15, -0.1) is 11.3 Å². The standard InChI is InChI=1S/C11H13N3OS/c1-2-5-13-11(15)9-3-4-10(16-9)14-7-6-12-8-14/h3-4,6-8H,2,5H2,1H3,(H,13,15). The van der Waals surface area contributed by atoms with Crippen molar-refractivity contribution in [1.82, 2.24) is 14.9 Å². The number of hydrogen-bond acceptors (Lipinski definition) is 3. The lowest BCUT2D eigenvalue weighted by Crippen LogP contribution is -2.22. The highest BCUT2D eigenvalue weighted by Crippen LogP contribution is 2.20. The van der Waals surface area contributed by atoms with E-state index >= 15 is 0 Å². The van der Waals surface area contributed by atoms with Crippen molar-refractivity contribution >= 4 is 17.2 Å². The fourth-order valence-corrected chi connectivity index (χ4v) is 2.18. The highest BCUT2D eigenvalue weighted by molar-refractivity contribution is 7.16. The van der Waals surface area contributed by atoms with Crippen molar-refractivity contribution in [1.29, 1.82) is 0 Å². The van der Waals surface area contributed by atoms with Gasteiger partial charge in [0.15, 0.2) is 0 Å². The van der Waals surface area contributed by atoms with Gasteiger partial charge in [0, 0.05) is 18.9 Å². The molecule has 16 heavy (non-hydrogen) atoms. The summed E-state index contributed by atoms with van der Waals surface area (Å²) in [6, 6.07) is 3.76. The fourth-order valence-electron chi connectivity index (χ4n) is 1.30. The molecular formula is C11H13N3OS. The number of carbonyl (C=O) groups excluding carboxylic acids is 1. The van der Waals surface area contributed by atoms with Crippen molar-refractivity contribution in [2.24, 2.45) is 0 Å². The average Bonchev–Trinajstić information content (AvgIpc) is 2.94. The number of aromatic nitrogens is 2. The Morgan fingerprint density at radius 1 is 1.56 bits per heavy atom.